The van der Waals surface area contributed by atoms with Gasteiger partial charge in [-0.05, 0) is 29.8 Å². The second-order valence-corrected chi connectivity index (χ2v) is 3.95. The van der Waals surface area contributed by atoms with Gasteiger partial charge in [0.15, 0.2) is 0 Å². The summed E-state index contributed by atoms with van der Waals surface area (Å²) in [6, 6.07) is 13.7. The molecule has 0 bridgehead atoms. The van der Waals surface area contributed by atoms with Crippen LogP contribution in [0.25, 0.3) is 10.8 Å². The van der Waals surface area contributed by atoms with E-state index in [0.717, 1.165) is 16.5 Å². The minimum absolute atomic E-state index is 0.119. The molecule has 0 saturated carbocycles. The molecule has 2 aromatic rings. The fourth-order valence-corrected chi connectivity index (χ4v) is 1.72. The summed E-state index contributed by atoms with van der Waals surface area (Å²) in [5, 5.41) is 13.3. The Morgan fingerprint density at radius 3 is 2.71 bits per heavy atom. The van der Waals surface area contributed by atoms with Crippen LogP contribution in [0.1, 0.15) is 12.0 Å². The molecular formula is C14H12N2O. The van der Waals surface area contributed by atoms with Gasteiger partial charge in [-0.15, -0.1) is 0 Å². The average Bonchev–Trinajstić information content (AvgIpc) is 2.29. The Balaban J connectivity index is 2.29. The van der Waals surface area contributed by atoms with Crippen molar-refractivity contribution in [2.24, 2.45) is 0 Å². The minimum atomic E-state index is -0.279. The van der Waals surface area contributed by atoms with Crippen molar-refractivity contribution in [3.63, 3.8) is 0 Å². The van der Waals surface area contributed by atoms with Crippen LogP contribution < -0.4 is 5.32 Å². The van der Waals surface area contributed by atoms with Crippen molar-refractivity contribution in [3.8, 4) is 6.07 Å². The Labute approximate surface area is 99.7 Å². The third kappa shape index (κ3) is 2.61. The van der Waals surface area contributed by atoms with Crippen molar-refractivity contribution in [3.05, 3.63) is 42.0 Å². The first-order valence-electron chi connectivity index (χ1n) is 5.36. The van der Waals surface area contributed by atoms with Crippen LogP contribution in [0.3, 0.4) is 0 Å². The van der Waals surface area contributed by atoms with Crippen molar-refractivity contribution in [1.82, 2.24) is 0 Å². The quantitative estimate of drug-likeness (QED) is 0.852. The summed E-state index contributed by atoms with van der Waals surface area (Å²) >= 11 is 0. The lowest BCUT2D eigenvalue weighted by Gasteiger charge is -2.05. The molecule has 84 valence electrons. The molecule has 0 heterocycles. The van der Waals surface area contributed by atoms with Gasteiger partial charge in [0, 0.05) is 5.69 Å². The first kappa shape index (κ1) is 11.2. The highest BCUT2D eigenvalue weighted by Crippen LogP contribution is 2.20. The number of nitrogens with zero attached hydrogens (tertiary/aromatic N) is 1. The van der Waals surface area contributed by atoms with E-state index in [1.165, 1.54) is 5.56 Å². The van der Waals surface area contributed by atoms with Crippen LogP contribution in [-0.2, 0) is 4.79 Å². The van der Waals surface area contributed by atoms with Gasteiger partial charge in [0.1, 0.15) is 6.42 Å². The highest BCUT2D eigenvalue weighted by atomic mass is 16.1. The first-order valence-corrected chi connectivity index (χ1v) is 5.36. The number of hydrogen-bond donors (Lipinski definition) is 1. The number of amides is 1. The van der Waals surface area contributed by atoms with E-state index in [1.807, 2.05) is 43.3 Å². The van der Waals surface area contributed by atoms with Crippen LogP contribution in [0.2, 0.25) is 0 Å². The van der Waals surface area contributed by atoms with Gasteiger partial charge in [-0.1, -0.05) is 29.8 Å². The van der Waals surface area contributed by atoms with Crippen molar-refractivity contribution in [2.75, 3.05) is 5.32 Å². The Morgan fingerprint density at radius 1 is 1.24 bits per heavy atom. The summed E-state index contributed by atoms with van der Waals surface area (Å²) in [6.45, 7) is 2.04. The zero-order valence-corrected chi connectivity index (χ0v) is 9.53. The van der Waals surface area contributed by atoms with Crippen molar-refractivity contribution in [1.29, 1.82) is 5.26 Å². The fourth-order valence-electron chi connectivity index (χ4n) is 1.72. The van der Waals surface area contributed by atoms with E-state index in [0.29, 0.717) is 0 Å². The number of rotatable bonds is 2. The highest BCUT2D eigenvalue weighted by Gasteiger charge is 2.02. The molecule has 2 rings (SSSR count). The van der Waals surface area contributed by atoms with Gasteiger partial charge in [0.25, 0.3) is 0 Å². The maximum absolute atomic E-state index is 11.3. The smallest absolute Gasteiger partial charge is 0.238 e. The summed E-state index contributed by atoms with van der Waals surface area (Å²) < 4.78 is 0. The maximum Gasteiger partial charge on any atom is 0.238 e. The fraction of sp³-hybridized carbons (Fsp3) is 0.143. The van der Waals surface area contributed by atoms with E-state index in [1.54, 1.807) is 0 Å². The summed E-state index contributed by atoms with van der Waals surface area (Å²) in [5.41, 5.74) is 1.93. The summed E-state index contributed by atoms with van der Waals surface area (Å²) in [6.07, 6.45) is -0.119. The molecule has 2 aromatic carbocycles. The number of carbonyl (C=O) groups excluding carboxylic acids is 1. The average molecular weight is 224 g/mol. The van der Waals surface area contributed by atoms with Crippen LogP contribution in [-0.4, -0.2) is 5.91 Å². The lowest BCUT2D eigenvalue weighted by atomic mass is 10.1. The maximum atomic E-state index is 11.3. The molecule has 0 atom stereocenters. The van der Waals surface area contributed by atoms with E-state index in [4.69, 9.17) is 5.26 Å². The molecule has 0 spiro atoms. The predicted molar refractivity (Wildman–Crippen MR) is 67.5 cm³/mol. The van der Waals surface area contributed by atoms with Crippen molar-refractivity contribution >= 4 is 22.4 Å². The van der Waals surface area contributed by atoms with E-state index in [2.05, 4.69) is 11.4 Å². The van der Waals surface area contributed by atoms with Gasteiger partial charge >= 0.3 is 0 Å². The van der Waals surface area contributed by atoms with Crippen molar-refractivity contribution < 1.29 is 4.79 Å². The molecule has 3 heteroatoms. The number of hydrogen-bond acceptors (Lipinski definition) is 2. The number of nitrogens with one attached hydrogen (secondary N) is 1. The Morgan fingerprint density at radius 2 is 1.94 bits per heavy atom. The summed E-state index contributed by atoms with van der Waals surface area (Å²) in [4.78, 5) is 11.3. The monoisotopic (exact) mass is 224 g/mol. The molecule has 1 N–H and O–H groups in total. The molecule has 0 aromatic heterocycles. The van der Waals surface area contributed by atoms with Crippen molar-refractivity contribution in [2.45, 2.75) is 13.3 Å². The van der Waals surface area contributed by atoms with Crippen LogP contribution in [0.15, 0.2) is 36.4 Å². The molecule has 0 aliphatic rings. The van der Waals surface area contributed by atoms with Crippen LogP contribution in [0, 0.1) is 18.3 Å². The number of fused-ring (bicyclic) bond motifs is 1. The third-order valence-corrected chi connectivity index (χ3v) is 2.52. The molecule has 0 unspecified atom stereocenters. The summed E-state index contributed by atoms with van der Waals surface area (Å²) in [7, 11) is 0. The lowest BCUT2D eigenvalue weighted by Crippen LogP contribution is -2.09. The molecule has 0 aliphatic carbocycles. The Bertz CT molecular complexity index is 611. The van der Waals surface area contributed by atoms with Crippen LogP contribution in [0.4, 0.5) is 5.69 Å². The van der Waals surface area contributed by atoms with E-state index in [9.17, 15) is 4.79 Å². The molecule has 0 aliphatic heterocycles. The van der Waals surface area contributed by atoms with Gasteiger partial charge in [-0.25, -0.2) is 0 Å². The predicted octanol–water partition coefficient (Wildman–Crippen LogP) is 3.00. The number of carbonyl (C=O) groups is 1. The third-order valence-electron chi connectivity index (χ3n) is 2.52. The van der Waals surface area contributed by atoms with Gasteiger partial charge in [0.2, 0.25) is 5.91 Å². The largest absolute Gasteiger partial charge is 0.325 e. The second kappa shape index (κ2) is 4.67. The van der Waals surface area contributed by atoms with Gasteiger partial charge in [0.05, 0.1) is 6.07 Å². The molecule has 0 radical (unpaired) electrons. The number of benzene rings is 2. The number of anilines is 1. The second-order valence-electron chi connectivity index (χ2n) is 3.95. The Kier molecular flexibility index (Phi) is 3.06. The van der Waals surface area contributed by atoms with Gasteiger partial charge in [-0.2, -0.15) is 5.26 Å². The molecule has 1 amide bonds. The topological polar surface area (TPSA) is 52.9 Å². The first-order chi connectivity index (χ1) is 8.19. The minimum Gasteiger partial charge on any atom is -0.325 e. The van der Waals surface area contributed by atoms with Crippen LogP contribution >= 0.6 is 0 Å². The van der Waals surface area contributed by atoms with Gasteiger partial charge in [-0.3, -0.25) is 4.79 Å². The van der Waals surface area contributed by atoms with E-state index >= 15 is 0 Å². The normalized spacial score (nSPS) is 9.88. The lowest BCUT2D eigenvalue weighted by molar-refractivity contribution is -0.115. The highest BCUT2D eigenvalue weighted by molar-refractivity contribution is 5.95. The standard InChI is InChI=1S/C14H12N2O/c1-10-2-3-12-9-13(5-4-11(12)8-10)16-14(17)6-7-15/h2-5,8-9H,6H2,1H3,(H,16,17). The van der Waals surface area contributed by atoms with E-state index < -0.39 is 0 Å². The van der Waals surface area contributed by atoms with Crippen LogP contribution in [0.5, 0.6) is 0 Å². The summed E-state index contributed by atoms with van der Waals surface area (Å²) in [5.74, 6) is -0.279. The Hall–Kier alpha value is -2.34. The molecule has 17 heavy (non-hydrogen) atoms. The zero-order chi connectivity index (χ0) is 12.3. The molecular weight excluding hydrogens is 212 g/mol. The molecule has 3 nitrogen and oxygen atoms in total. The molecule has 0 fully saturated rings. The van der Waals surface area contributed by atoms with Gasteiger partial charge < -0.3 is 5.32 Å². The number of aryl methyl sites for hydroxylation is 1. The number of nitriles is 1. The zero-order valence-electron chi connectivity index (χ0n) is 9.53. The SMILES string of the molecule is Cc1ccc2cc(NC(=O)CC#N)ccc2c1. The molecule has 0 saturated heterocycles. The van der Waals surface area contributed by atoms with E-state index in [-0.39, 0.29) is 12.3 Å².